The fraction of sp³-hybridized carbons (Fsp3) is 0.520. The van der Waals surface area contributed by atoms with Crippen LogP contribution in [0.15, 0.2) is 72.6 Å². The minimum atomic E-state index is -3.26. The molecule has 2 heterocycles. The number of carbonyl (C=O) groups is 1. The average Bonchev–Trinajstić information content (AvgIpc) is 3.51. The van der Waals surface area contributed by atoms with E-state index >= 15 is 4.39 Å². The van der Waals surface area contributed by atoms with Gasteiger partial charge in [-0.25, -0.2) is 22.0 Å². The summed E-state index contributed by atoms with van der Waals surface area (Å²) < 4.78 is 78.5. The van der Waals surface area contributed by atoms with Gasteiger partial charge < -0.3 is 5.11 Å². The van der Waals surface area contributed by atoms with Gasteiger partial charge in [-0.15, -0.1) is 40.5 Å². The van der Waals surface area contributed by atoms with E-state index in [0.717, 1.165) is 70.1 Å². The Labute approximate surface area is 401 Å². The molecule has 64 heavy (non-hydrogen) atoms. The van der Waals surface area contributed by atoms with E-state index in [0.29, 0.717) is 24.1 Å². The van der Waals surface area contributed by atoms with E-state index < -0.39 is 71.4 Å². The van der Waals surface area contributed by atoms with E-state index in [2.05, 4.69) is 114 Å². The van der Waals surface area contributed by atoms with Gasteiger partial charge in [0.15, 0.2) is 5.78 Å². The minimum absolute atomic E-state index is 0. The van der Waals surface area contributed by atoms with E-state index in [1.54, 1.807) is 11.3 Å². The number of hydrogen-bond acceptors (Lipinski definition) is 4. The van der Waals surface area contributed by atoms with Gasteiger partial charge >= 0.3 is 0 Å². The summed E-state index contributed by atoms with van der Waals surface area (Å²) in [6.45, 7) is 31.4. The third-order valence-corrected chi connectivity index (χ3v) is 21.7. The number of fused-ring (bicyclic) bond motifs is 4. The molecule has 1 radical (unpaired) electrons. The van der Waals surface area contributed by atoms with Gasteiger partial charge in [-0.05, 0) is 57.2 Å². The number of rotatable bonds is 14. The third kappa shape index (κ3) is 11.3. The maximum atomic E-state index is 17.4. The van der Waals surface area contributed by atoms with Gasteiger partial charge in [0.2, 0.25) is 11.1 Å². The van der Waals surface area contributed by atoms with E-state index in [1.165, 1.54) is 50.2 Å². The van der Waals surface area contributed by atoms with Crippen LogP contribution < -0.4 is 0 Å². The number of ketones is 1. The Balaban J connectivity index is 0.000000368. The van der Waals surface area contributed by atoms with E-state index in [1.807, 2.05) is 6.20 Å². The number of hydrogen-bond donors (Lipinski definition) is 1. The smallest absolute Gasteiger partial charge is 0.241 e. The van der Waals surface area contributed by atoms with Crippen LogP contribution in [0.25, 0.3) is 42.2 Å². The molecular weight excluding hydrogens is 1080 g/mol. The van der Waals surface area contributed by atoms with Crippen LogP contribution in [0.2, 0.25) is 90.7 Å². The van der Waals surface area contributed by atoms with Crippen molar-refractivity contribution in [2.45, 2.75) is 155 Å². The number of nitrogens with zero attached hydrogens (tertiary/aromatic N) is 1. The normalized spacial score (nSPS) is 14.2. The summed E-state index contributed by atoms with van der Waals surface area (Å²) in [6.07, 6.45) is 2.48. The molecule has 0 aliphatic heterocycles. The van der Waals surface area contributed by atoms with Crippen LogP contribution in [0.5, 0.6) is 0 Å². The molecule has 0 atom stereocenters. The Morgan fingerprint density at radius 1 is 0.719 bits per heavy atom. The summed E-state index contributed by atoms with van der Waals surface area (Å²) >= 11 is 1.72. The molecule has 3 nitrogen and oxygen atoms in total. The van der Waals surface area contributed by atoms with Crippen LogP contribution in [0, 0.1) is 16.9 Å². The molecule has 0 amide bonds. The van der Waals surface area contributed by atoms with Gasteiger partial charge in [0.25, 0.3) is 0 Å². The third-order valence-electron chi connectivity index (χ3n) is 12.2. The Kier molecular flexibility index (Phi) is 16.6. The van der Waals surface area contributed by atoms with Gasteiger partial charge in [-0.2, -0.15) is 0 Å². The van der Waals surface area contributed by atoms with Gasteiger partial charge in [0.05, 0.1) is 10.8 Å². The molecule has 14 heteroatoms. The number of pyridine rings is 1. The minimum Gasteiger partial charge on any atom is -0.511 e. The number of thiophene rings is 1. The largest absolute Gasteiger partial charge is 0.511 e. The number of allylic oxidation sites excluding steroid dienone is 2. The van der Waals surface area contributed by atoms with Crippen LogP contribution in [0.4, 0.5) is 22.0 Å². The van der Waals surface area contributed by atoms with Crippen molar-refractivity contribution in [3.05, 3.63) is 89.8 Å². The van der Waals surface area contributed by atoms with Gasteiger partial charge in [-0.1, -0.05) is 140 Å². The van der Waals surface area contributed by atoms with E-state index in [9.17, 15) is 27.5 Å². The Bertz CT molecular complexity index is 2490. The average molecular weight is 1150 g/mol. The van der Waals surface area contributed by atoms with Gasteiger partial charge in [0, 0.05) is 74.6 Å². The van der Waals surface area contributed by atoms with E-state index in [-0.39, 0.29) is 20.1 Å². The molecule has 0 unspecified atom stereocenters. The summed E-state index contributed by atoms with van der Waals surface area (Å²) in [5, 5.41) is 14.9. The van der Waals surface area contributed by atoms with E-state index in [4.69, 9.17) is 4.98 Å². The summed E-state index contributed by atoms with van der Waals surface area (Å²) in [5.74, 6) is -1.52. The van der Waals surface area contributed by atoms with Crippen molar-refractivity contribution in [3.8, 4) is 11.3 Å². The number of carbonyl (C=O) groups excluding carboxylic acids is 1. The molecule has 5 aromatic rings. The van der Waals surface area contributed by atoms with Crippen LogP contribution >= 0.6 is 11.3 Å². The predicted octanol–water partition coefficient (Wildman–Crippen LogP) is 17.1. The Morgan fingerprint density at radius 3 is 1.70 bits per heavy atom. The zero-order valence-electron chi connectivity index (χ0n) is 41.3. The van der Waals surface area contributed by atoms with Crippen molar-refractivity contribution in [3.63, 3.8) is 0 Å². The first kappa shape index (κ1) is 56.0. The monoisotopic (exact) mass is 1150 g/mol. The second-order valence-corrected chi connectivity index (χ2v) is 45.6. The number of aromatic nitrogens is 1. The van der Waals surface area contributed by atoms with Crippen molar-refractivity contribution in [1.82, 2.24) is 4.98 Å². The summed E-state index contributed by atoms with van der Waals surface area (Å²) in [6, 6.07) is 24.1. The molecule has 1 N–H and O–H groups in total. The first-order chi connectivity index (χ1) is 28.3. The molecule has 0 spiro atoms. The molecule has 0 bridgehead atoms. The molecule has 0 saturated heterocycles. The zero-order chi connectivity index (χ0) is 48.3. The maximum Gasteiger partial charge on any atom is 0.241 e. The SMILES string of the molecule is CC(C)(C(=O)/C=C(\O)C(C)(C)C(F)(F)[Si](C)(C)C)C(F)(F)[Si](C)(C)C.CC(C)c1cc(-c2nccc3c2sc2c(C(F)(C[Si](C)(C)C)C[Si](C)(C)C)cccc23)[c-]c2ccccc12.[Ir]. The van der Waals surface area contributed by atoms with Crippen LogP contribution in [0.1, 0.15) is 58.6 Å². The van der Waals surface area contributed by atoms with Crippen molar-refractivity contribution < 1.29 is 52.0 Å². The summed E-state index contributed by atoms with van der Waals surface area (Å²) in [7, 11) is -9.43. The Morgan fingerprint density at radius 2 is 1.20 bits per heavy atom. The zero-order valence-corrected chi connectivity index (χ0v) is 48.5. The van der Waals surface area contributed by atoms with Crippen molar-refractivity contribution >= 4 is 80.4 Å². The first-order valence-electron chi connectivity index (χ1n) is 22.0. The standard InChI is InChI=1S/C33H39FNSSi2.C17H32F4O2Si2.Ir/c1-22(2)28-19-24(18-23-12-9-10-13-25(23)28)30-32-27(16-17-35-30)26-14-11-15-29(31(26)36-32)33(34,20-37(3,4)5)21-38(6,7)8;1-14(2,16(18,19)24(5,6)7)12(22)11-13(23)15(3,4)17(20,21)25(8,9)10;/h9-17,19,22H,20-21H2,1-8H3;11,22H,1-10H3;/q-1;;/b;12-11-;. The number of aliphatic hydroxyl groups excluding tert-OH is 1. The van der Waals surface area contributed by atoms with Crippen molar-refractivity contribution in [2.75, 3.05) is 0 Å². The molecule has 355 valence electrons. The van der Waals surface area contributed by atoms with Gasteiger partial charge in [-0.3, -0.25) is 9.78 Å². The van der Waals surface area contributed by atoms with Crippen molar-refractivity contribution in [1.29, 1.82) is 0 Å². The molecule has 0 aliphatic rings. The maximum absolute atomic E-state index is 17.4. The van der Waals surface area contributed by atoms with Crippen LogP contribution in [-0.2, 0) is 30.6 Å². The number of benzene rings is 3. The number of halogens is 5. The van der Waals surface area contributed by atoms with Gasteiger partial charge in [0.1, 0.15) is 27.6 Å². The predicted molar refractivity (Wildman–Crippen MR) is 272 cm³/mol. The molecule has 0 saturated carbocycles. The number of alkyl halides is 5. The molecule has 5 rings (SSSR count). The quantitative estimate of drug-likeness (QED) is 0.0396. The fourth-order valence-electron chi connectivity index (χ4n) is 8.74. The molecule has 2 aromatic heterocycles. The topological polar surface area (TPSA) is 50.2 Å². The summed E-state index contributed by atoms with van der Waals surface area (Å²) in [5.41, 5.74) is -7.74. The first-order valence-corrected chi connectivity index (χ1v) is 37.2. The molecular formula is C50H71F5IrNO2SSi4-. The molecule has 0 aliphatic carbocycles. The summed E-state index contributed by atoms with van der Waals surface area (Å²) in [4.78, 5) is 17.4. The Hall–Kier alpha value is -2.33. The number of aliphatic hydroxyl groups is 1. The van der Waals surface area contributed by atoms with Crippen LogP contribution in [0.3, 0.4) is 0 Å². The second kappa shape index (κ2) is 19.0. The van der Waals surface area contributed by atoms with Crippen molar-refractivity contribution in [2.24, 2.45) is 10.8 Å². The molecule has 3 aromatic carbocycles. The fourth-order valence-corrected chi connectivity index (χ4v) is 18.4. The van der Waals surface area contributed by atoms with Crippen LogP contribution in [-0.4, -0.2) is 59.3 Å². The second-order valence-electron chi connectivity index (χ2n) is 23.4. The molecule has 0 fully saturated rings.